The Hall–Kier alpha value is -2.28. The average molecular weight is 359 g/mol. The molecule has 0 unspecified atom stereocenters. The summed E-state index contributed by atoms with van der Waals surface area (Å²) in [6.07, 6.45) is -0.191. The van der Waals surface area contributed by atoms with Gasteiger partial charge < -0.3 is 14.8 Å². The van der Waals surface area contributed by atoms with Gasteiger partial charge in [-0.25, -0.2) is 9.97 Å². The molecule has 1 atom stereocenters. The van der Waals surface area contributed by atoms with E-state index in [-0.39, 0.29) is 17.8 Å². The van der Waals surface area contributed by atoms with Crippen molar-refractivity contribution in [3.05, 3.63) is 41.2 Å². The molecule has 0 saturated carbocycles. The van der Waals surface area contributed by atoms with Gasteiger partial charge in [0.2, 0.25) is 5.91 Å². The van der Waals surface area contributed by atoms with E-state index in [1.807, 2.05) is 45.0 Å². The number of rotatable bonds is 5. The highest BCUT2D eigenvalue weighted by Crippen LogP contribution is 2.30. The minimum atomic E-state index is -0.191. The third-order valence-electron chi connectivity index (χ3n) is 4.04. The van der Waals surface area contributed by atoms with Crippen LogP contribution in [0.4, 0.5) is 0 Å². The lowest BCUT2D eigenvalue weighted by molar-refractivity contribution is -0.119. The Morgan fingerprint density at radius 1 is 1.20 bits per heavy atom. The molecular weight excluding hydrogens is 338 g/mol. The lowest BCUT2D eigenvalue weighted by atomic mass is 10.2. The number of aryl methyl sites for hydroxylation is 2. The summed E-state index contributed by atoms with van der Waals surface area (Å²) < 4.78 is 11.5. The number of para-hydroxylation sites is 2. The first-order chi connectivity index (χ1) is 12.0. The van der Waals surface area contributed by atoms with Crippen molar-refractivity contribution < 1.29 is 14.3 Å². The van der Waals surface area contributed by atoms with Crippen LogP contribution in [0.2, 0.25) is 0 Å². The van der Waals surface area contributed by atoms with E-state index in [0.717, 1.165) is 22.7 Å². The summed E-state index contributed by atoms with van der Waals surface area (Å²) in [5.41, 5.74) is 2.98. The molecule has 2 aromatic rings. The number of hydrogen-bond donors (Lipinski definition) is 1. The molecule has 6 nitrogen and oxygen atoms in total. The Kier molecular flexibility index (Phi) is 5.43. The standard InChI is InChI=1S/C18H21N3O3S/c1-11-12(2)20-18(21-13(11)3)25-10-17(22)19-8-14-9-23-15-6-4-5-7-16(15)24-14/h4-7,14H,8-10H2,1-3H3,(H,19,22)/t14-/m0/s1. The number of thioether (sulfide) groups is 1. The fraction of sp³-hybridized carbons (Fsp3) is 0.389. The Bertz CT molecular complexity index is 759. The molecule has 1 aliphatic heterocycles. The van der Waals surface area contributed by atoms with Crippen LogP contribution in [0.15, 0.2) is 29.4 Å². The van der Waals surface area contributed by atoms with Crippen LogP contribution in [0.5, 0.6) is 11.5 Å². The van der Waals surface area contributed by atoms with E-state index in [1.54, 1.807) is 0 Å². The molecule has 1 aromatic carbocycles. The van der Waals surface area contributed by atoms with E-state index in [9.17, 15) is 4.79 Å². The van der Waals surface area contributed by atoms with Gasteiger partial charge in [0, 0.05) is 11.4 Å². The molecule has 1 N–H and O–H groups in total. The largest absolute Gasteiger partial charge is 0.486 e. The summed E-state index contributed by atoms with van der Waals surface area (Å²) in [6.45, 7) is 6.72. The Morgan fingerprint density at radius 3 is 2.60 bits per heavy atom. The van der Waals surface area contributed by atoms with E-state index in [2.05, 4.69) is 15.3 Å². The molecule has 1 aromatic heterocycles. The second kappa shape index (κ2) is 7.74. The molecule has 0 fully saturated rings. The van der Waals surface area contributed by atoms with E-state index in [0.29, 0.717) is 24.1 Å². The van der Waals surface area contributed by atoms with Crippen molar-refractivity contribution in [1.29, 1.82) is 0 Å². The number of hydrogen-bond acceptors (Lipinski definition) is 6. The molecule has 3 rings (SSSR count). The highest BCUT2D eigenvalue weighted by Gasteiger charge is 2.21. The molecule has 25 heavy (non-hydrogen) atoms. The fourth-order valence-electron chi connectivity index (χ4n) is 2.38. The van der Waals surface area contributed by atoms with Crippen LogP contribution in [-0.4, -0.2) is 40.9 Å². The van der Waals surface area contributed by atoms with Crippen molar-refractivity contribution >= 4 is 17.7 Å². The smallest absolute Gasteiger partial charge is 0.230 e. The second-order valence-corrected chi connectivity index (χ2v) is 6.83. The maximum atomic E-state index is 12.1. The van der Waals surface area contributed by atoms with Crippen molar-refractivity contribution in [1.82, 2.24) is 15.3 Å². The topological polar surface area (TPSA) is 73.3 Å². The number of carbonyl (C=O) groups is 1. The summed E-state index contributed by atoms with van der Waals surface area (Å²) >= 11 is 1.33. The number of amides is 1. The summed E-state index contributed by atoms with van der Waals surface area (Å²) in [4.78, 5) is 20.9. The number of carbonyl (C=O) groups excluding carboxylic acids is 1. The fourth-order valence-corrected chi connectivity index (χ4v) is 3.14. The molecule has 2 heterocycles. The van der Waals surface area contributed by atoms with Crippen LogP contribution in [0, 0.1) is 20.8 Å². The average Bonchev–Trinajstić information content (AvgIpc) is 2.62. The molecular formula is C18H21N3O3S. The van der Waals surface area contributed by atoms with Crippen LogP contribution >= 0.6 is 11.8 Å². The zero-order valence-corrected chi connectivity index (χ0v) is 15.4. The first kappa shape index (κ1) is 17.5. The molecule has 0 aliphatic carbocycles. The van der Waals surface area contributed by atoms with Gasteiger partial charge in [0.15, 0.2) is 16.7 Å². The highest BCUT2D eigenvalue weighted by atomic mass is 32.2. The predicted molar refractivity (Wildman–Crippen MR) is 96.3 cm³/mol. The third-order valence-corrected chi connectivity index (χ3v) is 4.89. The molecule has 132 valence electrons. The van der Waals surface area contributed by atoms with Crippen LogP contribution < -0.4 is 14.8 Å². The monoisotopic (exact) mass is 359 g/mol. The van der Waals surface area contributed by atoms with E-state index in [4.69, 9.17) is 9.47 Å². The van der Waals surface area contributed by atoms with Gasteiger partial charge in [-0.3, -0.25) is 4.79 Å². The van der Waals surface area contributed by atoms with Gasteiger partial charge in [0.25, 0.3) is 0 Å². The quantitative estimate of drug-likeness (QED) is 0.653. The summed E-state index contributed by atoms with van der Waals surface area (Å²) in [7, 11) is 0. The van der Waals surface area contributed by atoms with E-state index >= 15 is 0 Å². The molecule has 1 amide bonds. The number of benzene rings is 1. The van der Waals surface area contributed by atoms with Crippen molar-refractivity contribution in [3.8, 4) is 11.5 Å². The summed E-state index contributed by atoms with van der Waals surface area (Å²) in [6, 6.07) is 7.52. The van der Waals surface area contributed by atoms with Gasteiger partial charge in [0.1, 0.15) is 12.7 Å². The van der Waals surface area contributed by atoms with Gasteiger partial charge >= 0.3 is 0 Å². The Labute approximate surface area is 151 Å². The molecule has 0 spiro atoms. The molecule has 0 radical (unpaired) electrons. The number of nitrogens with zero attached hydrogens (tertiary/aromatic N) is 2. The SMILES string of the molecule is Cc1nc(SCC(=O)NC[C@H]2COc3ccccc3O2)nc(C)c1C. The van der Waals surface area contributed by atoms with Crippen molar-refractivity contribution in [3.63, 3.8) is 0 Å². The number of ether oxygens (including phenoxy) is 2. The van der Waals surface area contributed by atoms with E-state index < -0.39 is 0 Å². The van der Waals surface area contributed by atoms with E-state index in [1.165, 1.54) is 11.8 Å². The van der Waals surface area contributed by atoms with Gasteiger partial charge in [-0.15, -0.1) is 0 Å². The van der Waals surface area contributed by atoms with Crippen molar-refractivity contribution in [2.45, 2.75) is 32.0 Å². The highest BCUT2D eigenvalue weighted by molar-refractivity contribution is 7.99. The molecule has 1 aliphatic rings. The molecule has 7 heteroatoms. The summed E-state index contributed by atoms with van der Waals surface area (Å²) in [5.74, 6) is 1.64. The number of nitrogens with one attached hydrogen (secondary N) is 1. The van der Waals surface area contributed by atoms with Crippen molar-refractivity contribution in [2.24, 2.45) is 0 Å². The zero-order chi connectivity index (χ0) is 17.8. The van der Waals surface area contributed by atoms with Crippen LogP contribution in [0.1, 0.15) is 17.0 Å². The summed E-state index contributed by atoms with van der Waals surface area (Å²) in [5, 5.41) is 3.50. The predicted octanol–water partition coefficient (Wildman–Crippen LogP) is 2.45. The lowest BCUT2D eigenvalue weighted by Gasteiger charge is -2.26. The molecule has 0 bridgehead atoms. The van der Waals surface area contributed by atoms with Gasteiger partial charge in [-0.2, -0.15) is 0 Å². The first-order valence-corrected chi connectivity index (χ1v) is 9.11. The normalized spacial score (nSPS) is 15.7. The first-order valence-electron chi connectivity index (χ1n) is 8.12. The Morgan fingerprint density at radius 2 is 1.88 bits per heavy atom. The van der Waals surface area contributed by atoms with Crippen LogP contribution in [0.3, 0.4) is 0 Å². The maximum Gasteiger partial charge on any atom is 0.230 e. The lowest BCUT2D eigenvalue weighted by Crippen LogP contribution is -2.41. The van der Waals surface area contributed by atoms with Gasteiger partial charge in [-0.05, 0) is 38.5 Å². The van der Waals surface area contributed by atoms with Crippen LogP contribution in [0.25, 0.3) is 0 Å². The van der Waals surface area contributed by atoms with Gasteiger partial charge in [0.05, 0.1) is 12.3 Å². The third kappa shape index (κ3) is 4.42. The van der Waals surface area contributed by atoms with Gasteiger partial charge in [-0.1, -0.05) is 23.9 Å². The maximum absolute atomic E-state index is 12.1. The number of aromatic nitrogens is 2. The van der Waals surface area contributed by atoms with Crippen LogP contribution in [-0.2, 0) is 4.79 Å². The minimum Gasteiger partial charge on any atom is -0.486 e. The number of fused-ring (bicyclic) bond motifs is 1. The second-order valence-electron chi connectivity index (χ2n) is 5.89. The zero-order valence-electron chi connectivity index (χ0n) is 14.5. The minimum absolute atomic E-state index is 0.0769. The molecule has 0 saturated heterocycles. The van der Waals surface area contributed by atoms with Crippen molar-refractivity contribution in [2.75, 3.05) is 18.9 Å². The Balaban J connectivity index is 1.46.